The van der Waals surface area contributed by atoms with Crippen LogP contribution in [0.25, 0.3) is 6.08 Å². The molecule has 2 rings (SSSR count). The maximum absolute atomic E-state index is 11.9. The molecule has 2 N–H and O–H groups in total. The van der Waals surface area contributed by atoms with E-state index < -0.39 is 11.8 Å². The SMILES string of the molecule is CC[C@H](C)Oc1c(Cl)cc(C=C2C(=O)NC(=S)NC2=O)cc1OC. The van der Waals surface area contributed by atoms with Gasteiger partial charge in [-0.1, -0.05) is 18.5 Å². The molecule has 2 amide bonds. The number of nitrogens with one attached hydrogen (secondary N) is 2. The summed E-state index contributed by atoms with van der Waals surface area (Å²) in [5, 5.41) is 5.05. The molecule has 0 spiro atoms. The Bertz CT molecular complexity index is 711. The maximum Gasteiger partial charge on any atom is 0.263 e. The first-order valence-electron chi connectivity index (χ1n) is 7.28. The number of hydrogen-bond donors (Lipinski definition) is 2. The molecule has 1 aromatic carbocycles. The van der Waals surface area contributed by atoms with Crippen LogP contribution >= 0.6 is 23.8 Å². The number of thiocarbonyl (C=S) groups is 1. The monoisotopic (exact) mass is 368 g/mol. The Labute approximate surface area is 150 Å². The van der Waals surface area contributed by atoms with Gasteiger partial charge in [-0.25, -0.2) is 0 Å². The van der Waals surface area contributed by atoms with Crippen molar-refractivity contribution in [3.05, 3.63) is 28.3 Å². The standard InChI is InChI=1S/C16H17ClN2O4S/c1-4-8(2)23-13-11(17)6-9(7-12(13)22-3)5-10-14(20)18-16(24)19-15(10)21/h5-8H,4H2,1-3H3,(H2,18,19,20,21,24)/t8-/m0/s1. The molecule has 1 aliphatic rings. The number of halogens is 1. The Hall–Kier alpha value is -2.12. The van der Waals surface area contributed by atoms with Crippen molar-refractivity contribution in [1.82, 2.24) is 10.6 Å². The van der Waals surface area contributed by atoms with Crippen LogP contribution in [0.1, 0.15) is 25.8 Å². The lowest BCUT2D eigenvalue weighted by Gasteiger charge is -2.18. The summed E-state index contributed by atoms with van der Waals surface area (Å²) in [5.74, 6) is -0.297. The predicted octanol–water partition coefficient (Wildman–Crippen LogP) is 2.44. The van der Waals surface area contributed by atoms with Gasteiger partial charge >= 0.3 is 0 Å². The van der Waals surface area contributed by atoms with Crippen molar-refractivity contribution in [3.8, 4) is 11.5 Å². The van der Waals surface area contributed by atoms with Gasteiger partial charge in [-0.05, 0) is 49.3 Å². The molecular formula is C16H17ClN2O4S. The van der Waals surface area contributed by atoms with E-state index in [1.165, 1.54) is 13.2 Å². The van der Waals surface area contributed by atoms with Gasteiger partial charge < -0.3 is 9.47 Å². The molecular weight excluding hydrogens is 352 g/mol. The molecule has 1 heterocycles. The minimum absolute atomic E-state index is 0.0185. The molecule has 128 valence electrons. The molecule has 0 aliphatic carbocycles. The van der Waals surface area contributed by atoms with Gasteiger partial charge in [-0.15, -0.1) is 0 Å². The molecule has 1 atom stereocenters. The number of carbonyl (C=O) groups is 2. The van der Waals surface area contributed by atoms with Gasteiger partial charge in [-0.2, -0.15) is 0 Å². The maximum atomic E-state index is 11.9. The molecule has 1 fully saturated rings. The molecule has 1 saturated heterocycles. The first kappa shape index (κ1) is 18.2. The largest absolute Gasteiger partial charge is 0.493 e. The molecule has 1 aliphatic heterocycles. The lowest BCUT2D eigenvalue weighted by atomic mass is 10.1. The molecule has 1 aromatic rings. The van der Waals surface area contributed by atoms with Crippen molar-refractivity contribution in [3.63, 3.8) is 0 Å². The summed E-state index contributed by atoms with van der Waals surface area (Å²) in [6, 6.07) is 3.24. The van der Waals surface area contributed by atoms with E-state index >= 15 is 0 Å². The van der Waals surface area contributed by atoms with E-state index in [-0.39, 0.29) is 16.8 Å². The van der Waals surface area contributed by atoms with Gasteiger partial charge in [0, 0.05) is 0 Å². The Kier molecular flexibility index (Phi) is 5.80. The van der Waals surface area contributed by atoms with Crippen LogP contribution in [-0.2, 0) is 9.59 Å². The third kappa shape index (κ3) is 4.04. The van der Waals surface area contributed by atoms with Gasteiger partial charge in [0.2, 0.25) is 0 Å². The fourth-order valence-corrected chi connectivity index (χ4v) is 2.44. The topological polar surface area (TPSA) is 76.7 Å². The highest BCUT2D eigenvalue weighted by Gasteiger charge is 2.26. The first-order valence-corrected chi connectivity index (χ1v) is 8.06. The molecule has 24 heavy (non-hydrogen) atoms. The van der Waals surface area contributed by atoms with Gasteiger partial charge in [-0.3, -0.25) is 20.2 Å². The summed E-state index contributed by atoms with van der Waals surface area (Å²) < 4.78 is 11.1. The van der Waals surface area contributed by atoms with Crippen molar-refractivity contribution in [2.45, 2.75) is 26.4 Å². The second-order valence-corrected chi connectivity index (χ2v) is 5.98. The minimum atomic E-state index is -0.571. The van der Waals surface area contributed by atoms with Crippen LogP contribution in [-0.4, -0.2) is 30.1 Å². The highest BCUT2D eigenvalue weighted by molar-refractivity contribution is 7.80. The third-order valence-corrected chi connectivity index (χ3v) is 3.88. The zero-order chi connectivity index (χ0) is 17.9. The smallest absolute Gasteiger partial charge is 0.263 e. The Balaban J connectivity index is 2.40. The Morgan fingerprint density at radius 1 is 1.29 bits per heavy atom. The van der Waals surface area contributed by atoms with Gasteiger partial charge in [0.05, 0.1) is 18.2 Å². The Morgan fingerprint density at radius 2 is 1.92 bits per heavy atom. The average Bonchev–Trinajstić information content (AvgIpc) is 2.52. The van der Waals surface area contributed by atoms with E-state index in [1.54, 1.807) is 12.1 Å². The second kappa shape index (κ2) is 7.63. The summed E-state index contributed by atoms with van der Waals surface area (Å²) in [6.07, 6.45) is 2.19. The van der Waals surface area contributed by atoms with Gasteiger partial charge in [0.25, 0.3) is 11.8 Å². The van der Waals surface area contributed by atoms with Crippen LogP contribution < -0.4 is 20.1 Å². The van der Waals surface area contributed by atoms with Crippen molar-refractivity contribution in [2.24, 2.45) is 0 Å². The van der Waals surface area contributed by atoms with Crippen LogP contribution in [0.15, 0.2) is 17.7 Å². The number of amides is 2. The van der Waals surface area contributed by atoms with Gasteiger partial charge in [0.15, 0.2) is 16.6 Å². The molecule has 0 bridgehead atoms. The number of rotatable bonds is 5. The number of ether oxygens (including phenoxy) is 2. The number of benzene rings is 1. The van der Waals surface area contributed by atoms with E-state index in [2.05, 4.69) is 10.6 Å². The quantitative estimate of drug-likeness (QED) is 0.474. The van der Waals surface area contributed by atoms with E-state index in [9.17, 15) is 9.59 Å². The predicted molar refractivity (Wildman–Crippen MR) is 95.2 cm³/mol. The zero-order valence-electron chi connectivity index (χ0n) is 13.4. The Morgan fingerprint density at radius 3 is 2.46 bits per heavy atom. The highest BCUT2D eigenvalue weighted by Crippen LogP contribution is 2.38. The van der Waals surface area contributed by atoms with Gasteiger partial charge in [0.1, 0.15) is 5.57 Å². The van der Waals surface area contributed by atoms with Crippen LogP contribution in [0.5, 0.6) is 11.5 Å². The second-order valence-electron chi connectivity index (χ2n) is 5.17. The van der Waals surface area contributed by atoms with Crippen LogP contribution in [0, 0.1) is 0 Å². The summed E-state index contributed by atoms with van der Waals surface area (Å²) in [7, 11) is 1.49. The molecule has 6 nitrogen and oxygen atoms in total. The minimum Gasteiger partial charge on any atom is -0.493 e. The number of carbonyl (C=O) groups excluding carboxylic acids is 2. The molecule has 0 saturated carbocycles. The lowest BCUT2D eigenvalue weighted by Crippen LogP contribution is -2.51. The van der Waals surface area contributed by atoms with Crippen molar-refractivity contribution in [2.75, 3.05) is 7.11 Å². The summed E-state index contributed by atoms with van der Waals surface area (Å²) in [6.45, 7) is 3.92. The van der Waals surface area contributed by atoms with Crippen LogP contribution in [0.4, 0.5) is 0 Å². The lowest BCUT2D eigenvalue weighted by molar-refractivity contribution is -0.123. The fraction of sp³-hybridized carbons (Fsp3) is 0.312. The summed E-state index contributed by atoms with van der Waals surface area (Å²) in [4.78, 5) is 23.8. The summed E-state index contributed by atoms with van der Waals surface area (Å²) in [5.41, 5.74) is 0.457. The summed E-state index contributed by atoms with van der Waals surface area (Å²) >= 11 is 11.0. The van der Waals surface area contributed by atoms with E-state index in [0.717, 1.165) is 6.42 Å². The van der Waals surface area contributed by atoms with Crippen molar-refractivity contribution in [1.29, 1.82) is 0 Å². The van der Waals surface area contributed by atoms with Crippen molar-refractivity contribution < 1.29 is 19.1 Å². The number of methoxy groups -OCH3 is 1. The molecule has 0 aromatic heterocycles. The van der Waals surface area contributed by atoms with E-state index in [0.29, 0.717) is 22.1 Å². The van der Waals surface area contributed by atoms with Crippen LogP contribution in [0.2, 0.25) is 5.02 Å². The van der Waals surface area contributed by atoms with E-state index in [1.807, 2.05) is 13.8 Å². The third-order valence-electron chi connectivity index (χ3n) is 3.40. The molecule has 8 heteroatoms. The number of hydrogen-bond acceptors (Lipinski definition) is 5. The fourth-order valence-electron chi connectivity index (χ4n) is 2.00. The normalized spacial score (nSPS) is 15.5. The van der Waals surface area contributed by atoms with Crippen molar-refractivity contribution >= 4 is 46.8 Å². The molecule has 0 unspecified atom stereocenters. The first-order chi connectivity index (χ1) is 11.3. The molecule has 0 radical (unpaired) electrons. The van der Waals surface area contributed by atoms with E-state index in [4.69, 9.17) is 33.3 Å². The zero-order valence-corrected chi connectivity index (χ0v) is 15.0. The highest BCUT2D eigenvalue weighted by atomic mass is 35.5. The average molecular weight is 369 g/mol. The van der Waals surface area contributed by atoms with Crippen LogP contribution in [0.3, 0.4) is 0 Å².